The molecule has 1 fully saturated rings. The minimum absolute atomic E-state index is 0.126. The van der Waals surface area contributed by atoms with Crippen molar-refractivity contribution in [3.63, 3.8) is 0 Å². The molecule has 2 aromatic rings. The van der Waals surface area contributed by atoms with Crippen LogP contribution in [0.3, 0.4) is 0 Å². The largest absolute Gasteiger partial charge is 0.350 e. The van der Waals surface area contributed by atoms with Crippen LogP contribution in [0.15, 0.2) is 41.2 Å². The normalized spacial score (nSPS) is 16.2. The van der Waals surface area contributed by atoms with Gasteiger partial charge in [0.1, 0.15) is 0 Å². The van der Waals surface area contributed by atoms with E-state index < -0.39 is 0 Å². The summed E-state index contributed by atoms with van der Waals surface area (Å²) < 4.78 is 0. The molecule has 1 aliphatic rings. The lowest BCUT2D eigenvalue weighted by Crippen LogP contribution is -2.35. The van der Waals surface area contributed by atoms with Gasteiger partial charge in [-0.05, 0) is 36.4 Å². The summed E-state index contributed by atoms with van der Waals surface area (Å²) in [6.45, 7) is 0. The first-order chi connectivity index (χ1) is 10.7. The lowest BCUT2D eigenvalue weighted by Gasteiger charge is -2.21. The summed E-state index contributed by atoms with van der Waals surface area (Å²) >= 11 is 0. The molecule has 0 radical (unpaired) electrons. The number of carbonyl (C=O) groups excluding carboxylic acids is 1. The van der Waals surface area contributed by atoms with Crippen LogP contribution in [-0.4, -0.2) is 16.9 Å². The molecule has 1 saturated carbocycles. The molecular formula is C18H20N2O2. The molecule has 1 amide bonds. The monoisotopic (exact) mass is 296 g/mol. The molecular weight excluding hydrogens is 276 g/mol. The zero-order chi connectivity index (χ0) is 15.4. The number of nitrogens with one attached hydrogen (secondary N) is 2. The van der Waals surface area contributed by atoms with Crippen LogP contribution in [-0.2, 0) is 4.79 Å². The standard InChI is InChI=1S/C18H20N2O2/c21-17(19-15-7-2-1-3-8-15)11-10-14-12-13-6-4-5-9-16(13)20-18(14)22/h4-6,9-12,15H,1-3,7-8H2,(H,19,21)(H,20,22)/b11-10+. The van der Waals surface area contributed by atoms with Crippen LogP contribution in [0, 0.1) is 0 Å². The Labute approximate surface area is 129 Å². The summed E-state index contributed by atoms with van der Waals surface area (Å²) in [5, 5.41) is 3.96. The molecule has 1 heterocycles. The zero-order valence-electron chi connectivity index (χ0n) is 12.5. The van der Waals surface area contributed by atoms with Gasteiger partial charge >= 0.3 is 0 Å². The van der Waals surface area contributed by atoms with Crippen molar-refractivity contribution in [1.29, 1.82) is 0 Å². The molecule has 0 saturated heterocycles. The Morgan fingerprint density at radius 1 is 1.18 bits per heavy atom. The van der Waals surface area contributed by atoms with Gasteiger partial charge in [0.15, 0.2) is 0 Å². The molecule has 0 aliphatic heterocycles. The second-order valence-electron chi connectivity index (χ2n) is 5.82. The predicted molar refractivity (Wildman–Crippen MR) is 88.6 cm³/mol. The van der Waals surface area contributed by atoms with Crippen molar-refractivity contribution in [3.05, 3.63) is 52.3 Å². The number of hydrogen-bond acceptors (Lipinski definition) is 2. The fraction of sp³-hybridized carbons (Fsp3) is 0.333. The van der Waals surface area contributed by atoms with Gasteiger partial charge in [0, 0.05) is 23.2 Å². The summed E-state index contributed by atoms with van der Waals surface area (Å²) in [6.07, 6.45) is 8.76. The van der Waals surface area contributed by atoms with Gasteiger partial charge in [-0.2, -0.15) is 0 Å². The molecule has 1 aromatic heterocycles. The number of H-pyrrole nitrogens is 1. The average molecular weight is 296 g/mol. The summed E-state index contributed by atoms with van der Waals surface area (Å²) in [6, 6.07) is 9.68. The Morgan fingerprint density at radius 3 is 2.77 bits per heavy atom. The van der Waals surface area contributed by atoms with Crippen molar-refractivity contribution >= 4 is 22.9 Å². The highest BCUT2D eigenvalue weighted by molar-refractivity contribution is 5.92. The van der Waals surface area contributed by atoms with Gasteiger partial charge in [-0.25, -0.2) is 0 Å². The first-order valence-corrected chi connectivity index (χ1v) is 7.83. The lowest BCUT2D eigenvalue weighted by atomic mass is 9.95. The molecule has 0 unspecified atom stereocenters. The maximum Gasteiger partial charge on any atom is 0.255 e. The second-order valence-corrected chi connectivity index (χ2v) is 5.82. The predicted octanol–water partition coefficient (Wildman–Crippen LogP) is 2.99. The average Bonchev–Trinajstić information content (AvgIpc) is 2.54. The smallest absolute Gasteiger partial charge is 0.255 e. The van der Waals surface area contributed by atoms with E-state index in [4.69, 9.17) is 0 Å². The van der Waals surface area contributed by atoms with Crippen molar-refractivity contribution in [2.75, 3.05) is 0 Å². The SMILES string of the molecule is O=C(/C=C/c1cc2ccccc2[nH]c1=O)NC1CCCCC1. The third-order valence-corrected chi connectivity index (χ3v) is 4.15. The number of aromatic nitrogens is 1. The first-order valence-electron chi connectivity index (χ1n) is 7.83. The topological polar surface area (TPSA) is 62.0 Å². The summed E-state index contributed by atoms with van der Waals surface area (Å²) in [4.78, 5) is 26.8. The number of pyridine rings is 1. The minimum atomic E-state index is -0.180. The Balaban J connectivity index is 1.72. The molecule has 3 rings (SSSR count). The van der Waals surface area contributed by atoms with E-state index in [-0.39, 0.29) is 17.5 Å². The van der Waals surface area contributed by atoms with Crippen molar-refractivity contribution in [1.82, 2.24) is 10.3 Å². The van der Waals surface area contributed by atoms with Gasteiger partial charge in [0.25, 0.3) is 5.56 Å². The van der Waals surface area contributed by atoms with Crippen LogP contribution < -0.4 is 10.9 Å². The van der Waals surface area contributed by atoms with Gasteiger partial charge in [-0.15, -0.1) is 0 Å². The summed E-state index contributed by atoms with van der Waals surface area (Å²) in [5.74, 6) is -0.126. The van der Waals surface area contributed by atoms with Gasteiger partial charge in [-0.1, -0.05) is 37.5 Å². The van der Waals surface area contributed by atoms with Crippen LogP contribution in [0.2, 0.25) is 0 Å². The molecule has 114 valence electrons. The molecule has 1 aromatic carbocycles. The minimum Gasteiger partial charge on any atom is -0.350 e. The Morgan fingerprint density at radius 2 is 1.95 bits per heavy atom. The summed E-state index contributed by atoms with van der Waals surface area (Å²) in [5.41, 5.74) is 1.12. The van der Waals surface area contributed by atoms with E-state index in [0.29, 0.717) is 5.56 Å². The lowest BCUT2D eigenvalue weighted by molar-refractivity contribution is -0.117. The molecule has 1 aliphatic carbocycles. The molecule has 2 N–H and O–H groups in total. The quantitative estimate of drug-likeness (QED) is 0.855. The van der Waals surface area contributed by atoms with Crippen LogP contribution in [0.5, 0.6) is 0 Å². The number of benzene rings is 1. The maximum absolute atomic E-state index is 12.0. The first kappa shape index (κ1) is 14.6. The highest BCUT2D eigenvalue weighted by Gasteiger charge is 2.14. The fourth-order valence-corrected chi connectivity index (χ4v) is 2.95. The van der Waals surface area contributed by atoms with Crippen LogP contribution >= 0.6 is 0 Å². The molecule has 0 bridgehead atoms. The number of carbonyl (C=O) groups is 1. The Hall–Kier alpha value is -2.36. The van der Waals surface area contributed by atoms with Crippen molar-refractivity contribution in [3.8, 4) is 0 Å². The fourth-order valence-electron chi connectivity index (χ4n) is 2.95. The maximum atomic E-state index is 12.0. The van der Waals surface area contributed by atoms with E-state index in [2.05, 4.69) is 10.3 Å². The van der Waals surface area contributed by atoms with Crippen molar-refractivity contribution in [2.45, 2.75) is 38.1 Å². The van der Waals surface area contributed by atoms with Gasteiger partial charge < -0.3 is 10.3 Å². The Kier molecular flexibility index (Phi) is 4.37. The number of aromatic amines is 1. The number of para-hydroxylation sites is 1. The molecule has 0 spiro atoms. The molecule has 0 atom stereocenters. The van der Waals surface area contributed by atoms with Crippen molar-refractivity contribution < 1.29 is 4.79 Å². The summed E-state index contributed by atoms with van der Waals surface area (Å²) in [7, 11) is 0. The zero-order valence-corrected chi connectivity index (χ0v) is 12.5. The van der Waals surface area contributed by atoms with E-state index in [1.165, 1.54) is 25.3 Å². The van der Waals surface area contributed by atoms with E-state index >= 15 is 0 Å². The third kappa shape index (κ3) is 3.45. The van der Waals surface area contributed by atoms with Crippen molar-refractivity contribution in [2.24, 2.45) is 0 Å². The highest BCUT2D eigenvalue weighted by atomic mass is 16.1. The van der Waals surface area contributed by atoms with Gasteiger partial charge in [0.05, 0.1) is 0 Å². The second kappa shape index (κ2) is 6.60. The number of rotatable bonds is 3. The van der Waals surface area contributed by atoms with Gasteiger partial charge in [-0.3, -0.25) is 9.59 Å². The van der Waals surface area contributed by atoms with Gasteiger partial charge in [0.2, 0.25) is 5.91 Å². The molecule has 22 heavy (non-hydrogen) atoms. The van der Waals surface area contributed by atoms with Crippen LogP contribution in [0.4, 0.5) is 0 Å². The number of amides is 1. The van der Waals surface area contributed by atoms with E-state index in [0.717, 1.165) is 23.7 Å². The molecule has 4 heteroatoms. The van der Waals surface area contributed by atoms with E-state index in [1.54, 1.807) is 12.1 Å². The highest BCUT2D eigenvalue weighted by Crippen LogP contribution is 2.17. The number of fused-ring (bicyclic) bond motifs is 1. The third-order valence-electron chi connectivity index (χ3n) is 4.15. The Bertz CT molecular complexity index is 755. The van der Waals surface area contributed by atoms with E-state index in [1.807, 2.05) is 24.3 Å². The van der Waals surface area contributed by atoms with Crippen LogP contribution in [0.25, 0.3) is 17.0 Å². The van der Waals surface area contributed by atoms with E-state index in [9.17, 15) is 9.59 Å². The van der Waals surface area contributed by atoms with Crippen LogP contribution in [0.1, 0.15) is 37.7 Å². The number of hydrogen-bond donors (Lipinski definition) is 2. The molecule has 4 nitrogen and oxygen atoms in total.